The summed E-state index contributed by atoms with van der Waals surface area (Å²) in [5.41, 5.74) is 0.741. The fourth-order valence-corrected chi connectivity index (χ4v) is 5.55. The maximum atomic E-state index is 11.7. The highest BCUT2D eigenvalue weighted by molar-refractivity contribution is 5.90. The summed E-state index contributed by atoms with van der Waals surface area (Å²) in [4.78, 5) is 11.7. The van der Waals surface area contributed by atoms with Crippen molar-refractivity contribution in [3.63, 3.8) is 0 Å². The number of ether oxygens (including phenoxy) is 1. The van der Waals surface area contributed by atoms with Crippen molar-refractivity contribution in [2.75, 3.05) is 13.2 Å². The number of hydrogen-bond acceptors (Lipinski definition) is 5. The third-order valence-electron chi connectivity index (χ3n) is 7.29. The summed E-state index contributed by atoms with van der Waals surface area (Å²) in [6.45, 7) is 8.52. The molecular weight excluding hydrogens is 320 g/mol. The lowest BCUT2D eigenvalue weighted by Gasteiger charge is -2.60. The van der Waals surface area contributed by atoms with Gasteiger partial charge in [0.05, 0.1) is 18.8 Å². The Hall–Kier alpha value is -1.17. The molecule has 0 bridgehead atoms. The van der Waals surface area contributed by atoms with E-state index in [0.717, 1.165) is 18.4 Å². The van der Waals surface area contributed by atoms with Gasteiger partial charge < -0.3 is 20.1 Å². The van der Waals surface area contributed by atoms with Gasteiger partial charge in [-0.1, -0.05) is 20.4 Å². The van der Waals surface area contributed by atoms with E-state index in [2.05, 4.69) is 13.5 Å². The monoisotopic (exact) mass is 350 g/mol. The molecule has 0 aromatic heterocycles. The Morgan fingerprint density at radius 1 is 1.36 bits per heavy atom. The Labute approximate surface area is 149 Å². The summed E-state index contributed by atoms with van der Waals surface area (Å²) in [7, 11) is 0. The van der Waals surface area contributed by atoms with E-state index in [9.17, 15) is 20.1 Å². The van der Waals surface area contributed by atoms with Gasteiger partial charge in [-0.3, -0.25) is 0 Å². The molecule has 25 heavy (non-hydrogen) atoms. The predicted molar refractivity (Wildman–Crippen MR) is 93.6 cm³/mol. The molecule has 2 aliphatic carbocycles. The molecule has 2 fully saturated rings. The molecule has 0 saturated heterocycles. The third-order valence-corrected chi connectivity index (χ3v) is 7.29. The maximum Gasteiger partial charge on any atom is 0.334 e. The molecule has 3 aliphatic rings. The fourth-order valence-electron chi connectivity index (χ4n) is 5.55. The predicted octanol–water partition coefficient (Wildman–Crippen LogP) is 1.96. The van der Waals surface area contributed by atoms with Gasteiger partial charge in [-0.15, -0.1) is 0 Å². The Kier molecular flexibility index (Phi) is 4.86. The number of aliphatic hydroxyl groups is 3. The molecule has 1 heterocycles. The molecule has 6 atom stereocenters. The van der Waals surface area contributed by atoms with Crippen molar-refractivity contribution in [2.45, 2.75) is 58.2 Å². The second-order valence-electron chi connectivity index (χ2n) is 8.52. The van der Waals surface area contributed by atoms with Crippen LogP contribution in [-0.4, -0.2) is 46.7 Å². The van der Waals surface area contributed by atoms with Crippen LogP contribution in [0.5, 0.6) is 0 Å². The molecule has 0 spiro atoms. The highest BCUT2D eigenvalue weighted by atomic mass is 16.5. The van der Waals surface area contributed by atoms with Crippen LogP contribution >= 0.6 is 0 Å². The molecule has 0 amide bonds. The molecule has 0 aromatic rings. The number of cyclic esters (lactones) is 1. The summed E-state index contributed by atoms with van der Waals surface area (Å²) in [6, 6.07) is 0. The van der Waals surface area contributed by atoms with E-state index in [1.54, 1.807) is 0 Å². The van der Waals surface area contributed by atoms with Crippen LogP contribution in [0.3, 0.4) is 0 Å². The van der Waals surface area contributed by atoms with E-state index in [1.165, 1.54) is 0 Å². The minimum absolute atomic E-state index is 0.00348. The summed E-state index contributed by atoms with van der Waals surface area (Å²) in [6.07, 6.45) is 3.93. The van der Waals surface area contributed by atoms with Crippen molar-refractivity contribution in [2.24, 2.45) is 22.7 Å². The lowest BCUT2D eigenvalue weighted by Crippen LogP contribution is -2.59. The number of carbonyl (C=O) groups is 1. The van der Waals surface area contributed by atoms with Crippen LogP contribution in [0.25, 0.3) is 0 Å². The SMILES string of the molecule is C=C1[C@@H](CCC2=CCOC2=O)[C@]2(C)CC[C@@H](O)[C@@](C)(CO)[C@H]2C[C@@H]1O. The fraction of sp³-hybridized carbons (Fsp3) is 0.750. The number of rotatable bonds is 4. The van der Waals surface area contributed by atoms with Crippen molar-refractivity contribution in [1.82, 2.24) is 0 Å². The minimum Gasteiger partial charge on any atom is -0.458 e. The molecule has 0 aromatic carbocycles. The van der Waals surface area contributed by atoms with Gasteiger partial charge >= 0.3 is 5.97 Å². The smallest absolute Gasteiger partial charge is 0.334 e. The van der Waals surface area contributed by atoms with Crippen LogP contribution in [0.1, 0.15) is 46.0 Å². The highest BCUT2D eigenvalue weighted by Gasteiger charge is 2.59. The zero-order chi connectivity index (χ0) is 18.4. The summed E-state index contributed by atoms with van der Waals surface area (Å²) in [5, 5.41) is 31.1. The van der Waals surface area contributed by atoms with E-state index in [0.29, 0.717) is 31.4 Å². The van der Waals surface area contributed by atoms with Crippen LogP contribution in [0, 0.1) is 22.7 Å². The first-order valence-electron chi connectivity index (χ1n) is 9.26. The van der Waals surface area contributed by atoms with Crippen LogP contribution in [0.2, 0.25) is 0 Å². The number of fused-ring (bicyclic) bond motifs is 1. The molecule has 0 unspecified atom stereocenters. The molecule has 5 heteroatoms. The highest BCUT2D eigenvalue weighted by Crippen LogP contribution is 2.61. The molecule has 2 saturated carbocycles. The van der Waals surface area contributed by atoms with Gasteiger partial charge in [0.15, 0.2) is 0 Å². The molecule has 140 valence electrons. The van der Waals surface area contributed by atoms with Gasteiger partial charge in [0.2, 0.25) is 0 Å². The summed E-state index contributed by atoms with van der Waals surface area (Å²) >= 11 is 0. The lowest BCUT2D eigenvalue weighted by atomic mass is 9.45. The zero-order valence-electron chi connectivity index (χ0n) is 15.2. The quantitative estimate of drug-likeness (QED) is 0.533. The van der Waals surface area contributed by atoms with Gasteiger partial charge in [0.1, 0.15) is 6.61 Å². The van der Waals surface area contributed by atoms with Crippen molar-refractivity contribution in [3.8, 4) is 0 Å². The largest absolute Gasteiger partial charge is 0.458 e. The number of aliphatic hydroxyl groups excluding tert-OH is 3. The zero-order valence-corrected chi connectivity index (χ0v) is 15.2. The number of hydrogen-bond donors (Lipinski definition) is 3. The first kappa shape index (κ1) is 18.6. The maximum absolute atomic E-state index is 11.7. The van der Waals surface area contributed by atoms with Gasteiger partial charge in [-0.2, -0.15) is 0 Å². The van der Waals surface area contributed by atoms with E-state index in [4.69, 9.17) is 4.74 Å². The molecule has 5 nitrogen and oxygen atoms in total. The topological polar surface area (TPSA) is 87.0 Å². The summed E-state index contributed by atoms with van der Waals surface area (Å²) in [5.74, 6) is -0.194. The second kappa shape index (κ2) is 6.53. The van der Waals surface area contributed by atoms with Gasteiger partial charge in [-0.25, -0.2) is 4.79 Å². The average Bonchev–Trinajstić information content (AvgIpc) is 2.99. The van der Waals surface area contributed by atoms with Crippen LogP contribution in [0.4, 0.5) is 0 Å². The Balaban J connectivity index is 1.88. The normalized spacial score (nSPS) is 44.3. The molecule has 3 N–H and O–H groups in total. The molecule has 1 aliphatic heterocycles. The third kappa shape index (κ3) is 2.86. The van der Waals surface area contributed by atoms with Gasteiger partial charge in [0, 0.05) is 11.0 Å². The Bertz CT molecular complexity index is 597. The van der Waals surface area contributed by atoms with E-state index in [-0.39, 0.29) is 29.8 Å². The van der Waals surface area contributed by atoms with Crippen molar-refractivity contribution in [3.05, 3.63) is 23.8 Å². The van der Waals surface area contributed by atoms with E-state index in [1.807, 2.05) is 13.0 Å². The molecule has 3 rings (SSSR count). The molecular formula is C20H30O5. The van der Waals surface area contributed by atoms with Gasteiger partial charge in [-0.05, 0) is 61.0 Å². The summed E-state index contributed by atoms with van der Waals surface area (Å²) < 4.78 is 4.98. The first-order chi connectivity index (χ1) is 11.7. The lowest BCUT2D eigenvalue weighted by molar-refractivity contribution is -0.164. The minimum atomic E-state index is -0.635. The Morgan fingerprint density at radius 2 is 2.08 bits per heavy atom. The van der Waals surface area contributed by atoms with Crippen LogP contribution in [-0.2, 0) is 9.53 Å². The average molecular weight is 350 g/mol. The van der Waals surface area contributed by atoms with Gasteiger partial charge in [0.25, 0.3) is 0 Å². The standard InChI is InChI=1S/C20H30O5/c1-12-14(5-4-13-7-9-25-18(13)24)19(2)8-6-17(23)20(3,11-21)16(19)10-15(12)22/h7,14-17,21-23H,1,4-6,8-11H2,2-3H3/t14-,15+,16+,17-,19+,20+/m1/s1. The molecule has 0 radical (unpaired) electrons. The second-order valence-corrected chi connectivity index (χ2v) is 8.52. The number of esters is 1. The Morgan fingerprint density at radius 3 is 2.68 bits per heavy atom. The van der Waals surface area contributed by atoms with Crippen molar-refractivity contribution < 1.29 is 24.9 Å². The van der Waals surface area contributed by atoms with E-state index < -0.39 is 17.6 Å². The number of carbonyl (C=O) groups excluding carboxylic acids is 1. The first-order valence-corrected chi connectivity index (χ1v) is 9.26. The van der Waals surface area contributed by atoms with Crippen LogP contribution in [0.15, 0.2) is 23.8 Å². The van der Waals surface area contributed by atoms with Crippen molar-refractivity contribution in [1.29, 1.82) is 0 Å². The van der Waals surface area contributed by atoms with Crippen LogP contribution < -0.4 is 0 Å². The van der Waals surface area contributed by atoms with Crippen molar-refractivity contribution >= 4 is 5.97 Å². The van der Waals surface area contributed by atoms with E-state index >= 15 is 0 Å².